The molecule has 278 valence electrons. The van der Waals surface area contributed by atoms with Gasteiger partial charge in [0.25, 0.3) is 0 Å². The SMILES string of the molecule is CS(=O)(=O)CC1CCN(c2ccc(Cl)c(-c3ccccn3)n2)CC1.Cc1cccnc1-c1cc(N2CCC(NC(=O)CC(C)(C)O)CC2)ncc1Cl. The summed E-state index contributed by atoms with van der Waals surface area (Å²) in [6.07, 6.45) is 9.96. The van der Waals surface area contributed by atoms with E-state index in [0.29, 0.717) is 15.7 Å². The summed E-state index contributed by atoms with van der Waals surface area (Å²) in [6.45, 7) is 8.49. The fourth-order valence-corrected chi connectivity index (χ4v) is 8.11. The Hall–Kier alpha value is -3.84. The van der Waals surface area contributed by atoms with E-state index in [1.165, 1.54) is 6.26 Å². The van der Waals surface area contributed by atoms with Crippen molar-refractivity contribution in [2.45, 2.75) is 64.5 Å². The van der Waals surface area contributed by atoms with Crippen molar-refractivity contribution in [1.82, 2.24) is 25.3 Å². The van der Waals surface area contributed by atoms with E-state index in [9.17, 15) is 18.3 Å². The van der Waals surface area contributed by atoms with Gasteiger partial charge in [0, 0.05) is 62.6 Å². The van der Waals surface area contributed by atoms with Crippen LogP contribution in [0.25, 0.3) is 22.6 Å². The largest absolute Gasteiger partial charge is 0.390 e. The van der Waals surface area contributed by atoms with Gasteiger partial charge < -0.3 is 20.2 Å². The number of pyridine rings is 4. The fraction of sp³-hybridized carbons (Fsp3) is 0.447. The normalized spacial score (nSPS) is 15.9. The molecule has 0 saturated carbocycles. The van der Waals surface area contributed by atoms with Crippen molar-refractivity contribution in [3.8, 4) is 22.6 Å². The summed E-state index contributed by atoms with van der Waals surface area (Å²) in [5.41, 5.74) is 3.24. The van der Waals surface area contributed by atoms with Gasteiger partial charge in [-0.05, 0) is 94.3 Å². The lowest BCUT2D eigenvalue weighted by atomic mass is 9.99. The highest BCUT2D eigenvalue weighted by Crippen LogP contribution is 2.32. The molecule has 0 atom stereocenters. The van der Waals surface area contributed by atoms with Crippen molar-refractivity contribution in [2.75, 3.05) is 48.0 Å². The summed E-state index contributed by atoms with van der Waals surface area (Å²) < 4.78 is 22.9. The maximum absolute atomic E-state index is 12.0. The van der Waals surface area contributed by atoms with E-state index in [1.54, 1.807) is 32.4 Å². The van der Waals surface area contributed by atoms with Crippen LogP contribution in [0.1, 0.15) is 51.5 Å². The second-order valence-corrected chi connectivity index (χ2v) is 17.2. The van der Waals surface area contributed by atoms with Crippen LogP contribution < -0.4 is 15.1 Å². The Kier molecular flexibility index (Phi) is 13.1. The van der Waals surface area contributed by atoms with Gasteiger partial charge in [-0.15, -0.1) is 0 Å². The van der Waals surface area contributed by atoms with E-state index in [4.69, 9.17) is 23.2 Å². The van der Waals surface area contributed by atoms with Gasteiger partial charge in [0.05, 0.1) is 39.2 Å². The molecule has 2 aliphatic rings. The number of aryl methyl sites for hydroxylation is 1. The third-order valence-corrected chi connectivity index (χ3v) is 10.8. The second-order valence-electron chi connectivity index (χ2n) is 14.2. The zero-order chi connectivity index (χ0) is 37.5. The van der Waals surface area contributed by atoms with Gasteiger partial charge in [-0.1, -0.05) is 35.3 Å². The minimum Gasteiger partial charge on any atom is -0.390 e. The number of sulfone groups is 1. The van der Waals surface area contributed by atoms with E-state index in [1.807, 2.05) is 55.5 Å². The summed E-state index contributed by atoms with van der Waals surface area (Å²) in [7, 11) is -2.91. The second kappa shape index (κ2) is 17.3. The number of nitrogens with zero attached hydrogens (tertiary/aromatic N) is 6. The van der Waals surface area contributed by atoms with Gasteiger partial charge in [-0.2, -0.15) is 0 Å². The first-order valence-electron chi connectivity index (χ1n) is 17.5. The van der Waals surface area contributed by atoms with Crippen molar-refractivity contribution in [2.24, 2.45) is 5.92 Å². The van der Waals surface area contributed by atoms with Crippen molar-refractivity contribution in [1.29, 1.82) is 0 Å². The minimum atomic E-state index is -2.91. The van der Waals surface area contributed by atoms with Crippen molar-refractivity contribution in [3.05, 3.63) is 82.7 Å². The quantitative estimate of drug-likeness (QED) is 0.196. The van der Waals surface area contributed by atoms with E-state index in [0.717, 1.165) is 86.0 Å². The molecule has 1 amide bonds. The molecule has 4 aromatic heterocycles. The maximum Gasteiger partial charge on any atom is 0.223 e. The number of rotatable bonds is 9. The van der Waals surface area contributed by atoms with Crippen LogP contribution in [0.15, 0.2) is 67.1 Å². The third kappa shape index (κ3) is 11.3. The van der Waals surface area contributed by atoms with Crippen LogP contribution in [0.3, 0.4) is 0 Å². The average molecular weight is 769 g/mol. The number of carbonyl (C=O) groups excluding carboxylic acids is 1. The first-order chi connectivity index (χ1) is 24.6. The van der Waals surface area contributed by atoms with Crippen LogP contribution in [0.5, 0.6) is 0 Å². The van der Waals surface area contributed by atoms with Crippen molar-refractivity contribution >= 4 is 50.6 Å². The molecule has 0 aromatic carbocycles. The van der Waals surface area contributed by atoms with Crippen LogP contribution >= 0.6 is 23.2 Å². The van der Waals surface area contributed by atoms with Crippen molar-refractivity contribution < 1.29 is 18.3 Å². The molecule has 2 saturated heterocycles. The molecule has 4 aromatic rings. The van der Waals surface area contributed by atoms with Crippen LogP contribution in [-0.4, -0.2) is 89.2 Å². The molecule has 2 N–H and O–H groups in total. The average Bonchev–Trinajstić information content (AvgIpc) is 3.09. The molecule has 0 spiro atoms. The summed E-state index contributed by atoms with van der Waals surface area (Å²) in [5.74, 6) is 2.12. The zero-order valence-corrected chi connectivity index (χ0v) is 32.4. The summed E-state index contributed by atoms with van der Waals surface area (Å²) in [6, 6.07) is 15.4. The topological polar surface area (TPSA) is 142 Å². The molecule has 6 heterocycles. The molecular weight excluding hydrogens is 721 g/mol. The number of amides is 1. The molecular formula is C38H47Cl2N7O4S. The fourth-order valence-electron chi connectivity index (χ4n) is 6.52. The predicted molar refractivity (Wildman–Crippen MR) is 209 cm³/mol. The Labute approximate surface area is 316 Å². The monoisotopic (exact) mass is 767 g/mol. The summed E-state index contributed by atoms with van der Waals surface area (Å²) in [5, 5.41) is 14.0. The minimum absolute atomic E-state index is 0.108. The molecule has 0 bridgehead atoms. The Morgan fingerprint density at radius 3 is 2.19 bits per heavy atom. The highest BCUT2D eigenvalue weighted by Gasteiger charge is 2.26. The van der Waals surface area contributed by atoms with Crippen LogP contribution in [0.4, 0.5) is 11.6 Å². The van der Waals surface area contributed by atoms with Gasteiger partial charge in [0.2, 0.25) is 5.91 Å². The molecule has 0 unspecified atom stereocenters. The Morgan fingerprint density at radius 1 is 0.885 bits per heavy atom. The number of carbonyl (C=O) groups is 1. The number of aliphatic hydroxyl groups is 1. The van der Waals surface area contributed by atoms with Gasteiger partial charge >= 0.3 is 0 Å². The number of nitrogens with one attached hydrogen (secondary N) is 1. The van der Waals surface area contributed by atoms with Gasteiger partial charge in [0.1, 0.15) is 27.2 Å². The number of hydrogen-bond acceptors (Lipinski definition) is 10. The van der Waals surface area contributed by atoms with Crippen LogP contribution in [0.2, 0.25) is 10.0 Å². The van der Waals surface area contributed by atoms with E-state index in [-0.39, 0.29) is 30.0 Å². The Morgan fingerprint density at radius 2 is 1.56 bits per heavy atom. The Balaban J connectivity index is 0.000000203. The van der Waals surface area contributed by atoms with E-state index < -0.39 is 15.4 Å². The molecule has 52 heavy (non-hydrogen) atoms. The van der Waals surface area contributed by atoms with Gasteiger partial charge in [-0.3, -0.25) is 14.8 Å². The number of hydrogen-bond donors (Lipinski definition) is 2. The summed E-state index contributed by atoms with van der Waals surface area (Å²) in [4.78, 5) is 34.4. The van der Waals surface area contributed by atoms with Crippen LogP contribution in [0, 0.1) is 12.8 Å². The smallest absolute Gasteiger partial charge is 0.223 e. The highest BCUT2D eigenvalue weighted by molar-refractivity contribution is 7.90. The van der Waals surface area contributed by atoms with E-state index in [2.05, 4.69) is 35.1 Å². The Bertz CT molecular complexity index is 1930. The maximum atomic E-state index is 12.0. The molecule has 11 nitrogen and oxygen atoms in total. The molecule has 0 aliphatic carbocycles. The van der Waals surface area contributed by atoms with Crippen molar-refractivity contribution in [3.63, 3.8) is 0 Å². The molecule has 2 fully saturated rings. The number of piperidine rings is 2. The van der Waals surface area contributed by atoms with Gasteiger partial charge in [0.15, 0.2) is 0 Å². The number of aromatic nitrogens is 4. The molecule has 0 radical (unpaired) electrons. The molecule has 14 heteroatoms. The lowest BCUT2D eigenvalue weighted by Crippen LogP contribution is -2.46. The third-order valence-electron chi connectivity index (χ3n) is 9.10. The predicted octanol–water partition coefficient (Wildman–Crippen LogP) is 6.41. The molecule has 6 rings (SSSR count). The zero-order valence-electron chi connectivity index (χ0n) is 30.1. The number of anilines is 2. The summed E-state index contributed by atoms with van der Waals surface area (Å²) >= 11 is 12.7. The molecule has 2 aliphatic heterocycles. The van der Waals surface area contributed by atoms with Crippen LogP contribution in [-0.2, 0) is 14.6 Å². The van der Waals surface area contributed by atoms with E-state index >= 15 is 0 Å². The first kappa shape index (κ1) is 39.4. The standard InChI is InChI=1S/C21H27ClN4O2.C17H20ClN3O2S/c1-14-5-4-8-23-20(14)16-11-18(24-13-17(16)22)26-9-6-15(7-10-26)25-19(27)12-21(2,3)28;1-24(22,23)12-13-7-10-21(11-8-13)16-6-5-14(18)17(20-16)15-4-2-3-9-19-15/h4-5,8,11,13,15,28H,6-7,9-10,12H2,1-3H3,(H,25,27);2-6,9,13H,7-8,10-12H2,1H3. The first-order valence-corrected chi connectivity index (χ1v) is 20.3. The lowest BCUT2D eigenvalue weighted by molar-refractivity contribution is -0.125. The number of halogens is 2. The highest BCUT2D eigenvalue weighted by atomic mass is 35.5. The lowest BCUT2D eigenvalue weighted by Gasteiger charge is -2.33. The van der Waals surface area contributed by atoms with Gasteiger partial charge in [-0.25, -0.2) is 18.4 Å².